The van der Waals surface area contributed by atoms with Gasteiger partial charge in [0, 0.05) is 12.0 Å². The maximum atomic E-state index is 8.51. The molecule has 2 rings (SSSR count). The average molecular weight is 224 g/mol. The number of benzene rings is 2. The van der Waals surface area contributed by atoms with Crippen LogP contribution in [0.3, 0.4) is 0 Å². The van der Waals surface area contributed by atoms with Gasteiger partial charge in [0.2, 0.25) is 0 Å². The summed E-state index contributed by atoms with van der Waals surface area (Å²) in [6.07, 6.45) is 2.37. The number of para-hydroxylation sites is 2. The zero-order valence-corrected chi connectivity index (χ0v) is 9.26. The lowest BCUT2D eigenvalue weighted by Crippen LogP contribution is -1.90. The van der Waals surface area contributed by atoms with Crippen molar-refractivity contribution in [1.29, 1.82) is 0 Å². The molecule has 0 aliphatic carbocycles. The third-order valence-corrected chi connectivity index (χ3v) is 2.30. The van der Waals surface area contributed by atoms with Crippen molar-refractivity contribution < 1.29 is 9.84 Å². The molecule has 2 aromatic carbocycles. The molecule has 0 aliphatic heterocycles. The Kier molecular flexibility index (Phi) is 3.67. The molecule has 0 spiro atoms. The molecule has 0 unspecified atom stereocenters. The van der Waals surface area contributed by atoms with Gasteiger partial charge >= 0.3 is 0 Å². The number of ether oxygens (including phenoxy) is 1. The molecule has 2 nitrogen and oxygen atoms in total. The van der Waals surface area contributed by atoms with Crippen LogP contribution in [0.4, 0.5) is 0 Å². The van der Waals surface area contributed by atoms with E-state index >= 15 is 0 Å². The second-order valence-electron chi connectivity index (χ2n) is 3.49. The van der Waals surface area contributed by atoms with Crippen molar-refractivity contribution in [2.24, 2.45) is 0 Å². The molecule has 0 amide bonds. The second kappa shape index (κ2) is 5.62. The quantitative estimate of drug-likeness (QED) is 0.810. The molecule has 2 aromatic rings. The van der Waals surface area contributed by atoms with Crippen LogP contribution >= 0.6 is 0 Å². The van der Waals surface area contributed by atoms with Gasteiger partial charge < -0.3 is 9.84 Å². The Bertz CT molecular complexity index is 536. The van der Waals surface area contributed by atoms with Crippen molar-refractivity contribution in [3.63, 3.8) is 0 Å². The summed E-state index contributed by atoms with van der Waals surface area (Å²) in [6.45, 7) is 0. The summed E-state index contributed by atoms with van der Waals surface area (Å²) in [4.78, 5) is 0. The summed E-state index contributed by atoms with van der Waals surface area (Å²) in [5.41, 5.74) is 0.956. The van der Waals surface area contributed by atoms with E-state index in [1.165, 1.54) is 0 Å². The van der Waals surface area contributed by atoms with Crippen LogP contribution in [0.25, 0.3) is 0 Å². The fourth-order valence-corrected chi connectivity index (χ4v) is 1.50. The van der Waals surface area contributed by atoms with Gasteiger partial charge in [-0.1, -0.05) is 42.3 Å². The van der Waals surface area contributed by atoms with Gasteiger partial charge in [-0.15, -0.1) is 0 Å². The van der Waals surface area contributed by atoms with Crippen LogP contribution in [-0.2, 0) is 6.42 Å². The normalized spacial score (nSPS) is 9.18. The van der Waals surface area contributed by atoms with Crippen LogP contribution < -0.4 is 4.74 Å². The standard InChI is InChI=1S/C15H12O2/c16-12-6-8-13-7-4-5-11-15(13)17-14-9-2-1-3-10-14/h1-5,7,9-11,16H,8H2. The maximum absolute atomic E-state index is 8.51. The molecule has 0 aromatic heterocycles. The molecule has 2 heteroatoms. The lowest BCUT2D eigenvalue weighted by molar-refractivity contribution is 0.477. The fraction of sp³-hybridized carbons (Fsp3) is 0.0667. The van der Waals surface area contributed by atoms with Gasteiger partial charge in [-0.05, 0) is 18.2 Å². The van der Waals surface area contributed by atoms with Crippen LogP contribution in [-0.4, -0.2) is 5.11 Å². The maximum Gasteiger partial charge on any atom is 0.131 e. The molecular formula is C15H12O2. The molecule has 0 fully saturated rings. The summed E-state index contributed by atoms with van der Waals surface area (Å²) in [7, 11) is 0. The Labute approximate surface area is 100 Å². The zero-order valence-electron chi connectivity index (χ0n) is 9.26. The second-order valence-corrected chi connectivity index (χ2v) is 3.49. The van der Waals surface area contributed by atoms with Gasteiger partial charge in [0.05, 0.1) is 0 Å². The van der Waals surface area contributed by atoms with Gasteiger partial charge in [0.25, 0.3) is 0 Å². The monoisotopic (exact) mass is 224 g/mol. The summed E-state index contributed by atoms with van der Waals surface area (Å²) in [6, 6.07) is 17.2. The van der Waals surface area contributed by atoms with Gasteiger partial charge in [0.15, 0.2) is 0 Å². The largest absolute Gasteiger partial charge is 0.462 e. The minimum Gasteiger partial charge on any atom is -0.462 e. The Hall–Kier alpha value is -2.40. The first-order chi connectivity index (χ1) is 8.40. The molecule has 0 bridgehead atoms. The highest BCUT2D eigenvalue weighted by Gasteiger charge is 2.02. The first-order valence-corrected chi connectivity index (χ1v) is 5.33. The van der Waals surface area contributed by atoms with E-state index in [0.29, 0.717) is 6.42 Å². The summed E-state index contributed by atoms with van der Waals surface area (Å²) < 4.78 is 5.76. The highest BCUT2D eigenvalue weighted by molar-refractivity contribution is 5.39. The van der Waals surface area contributed by atoms with E-state index in [2.05, 4.69) is 5.92 Å². The summed E-state index contributed by atoms with van der Waals surface area (Å²) in [5, 5.41) is 8.51. The van der Waals surface area contributed by atoms with Crippen LogP contribution in [0, 0.1) is 12.0 Å². The number of rotatable bonds is 3. The van der Waals surface area contributed by atoms with E-state index in [1.807, 2.05) is 60.7 Å². The van der Waals surface area contributed by atoms with Crippen LogP contribution in [0.2, 0.25) is 0 Å². The Morgan fingerprint density at radius 3 is 2.41 bits per heavy atom. The van der Waals surface area contributed by atoms with Crippen molar-refractivity contribution in [3.05, 3.63) is 60.2 Å². The Morgan fingerprint density at radius 2 is 1.65 bits per heavy atom. The van der Waals surface area contributed by atoms with E-state index in [9.17, 15) is 0 Å². The minimum atomic E-state index is 0.472. The lowest BCUT2D eigenvalue weighted by Gasteiger charge is -2.08. The van der Waals surface area contributed by atoms with Crippen LogP contribution in [0.1, 0.15) is 5.56 Å². The van der Waals surface area contributed by atoms with Crippen molar-refractivity contribution in [3.8, 4) is 23.5 Å². The lowest BCUT2D eigenvalue weighted by atomic mass is 10.1. The number of aliphatic hydroxyl groups is 1. The first-order valence-electron chi connectivity index (χ1n) is 5.33. The molecule has 0 saturated carbocycles. The van der Waals surface area contributed by atoms with Crippen molar-refractivity contribution in [1.82, 2.24) is 0 Å². The molecule has 0 radical (unpaired) electrons. The predicted octanol–water partition coefficient (Wildman–Crippen LogP) is 3.35. The van der Waals surface area contributed by atoms with Crippen molar-refractivity contribution in [2.75, 3.05) is 0 Å². The van der Waals surface area contributed by atoms with Crippen molar-refractivity contribution in [2.45, 2.75) is 6.42 Å². The SMILES string of the molecule is OC#CCc1ccccc1Oc1ccccc1. The van der Waals surface area contributed by atoms with Crippen LogP contribution in [0.5, 0.6) is 11.5 Å². The summed E-state index contributed by atoms with van der Waals surface area (Å²) >= 11 is 0. The third-order valence-electron chi connectivity index (χ3n) is 2.30. The number of hydrogen-bond donors (Lipinski definition) is 1. The van der Waals surface area contributed by atoms with Crippen LogP contribution in [0.15, 0.2) is 54.6 Å². The Balaban J connectivity index is 2.22. The predicted molar refractivity (Wildman–Crippen MR) is 66.4 cm³/mol. The molecule has 0 heterocycles. The zero-order chi connectivity index (χ0) is 11.9. The van der Waals surface area contributed by atoms with E-state index in [-0.39, 0.29) is 0 Å². The fourth-order valence-electron chi connectivity index (χ4n) is 1.50. The smallest absolute Gasteiger partial charge is 0.131 e. The summed E-state index contributed by atoms with van der Waals surface area (Å²) in [5.74, 6) is 4.17. The molecule has 0 atom stereocenters. The van der Waals surface area contributed by atoms with Gasteiger partial charge in [-0.2, -0.15) is 0 Å². The topological polar surface area (TPSA) is 29.5 Å². The molecule has 0 aliphatic rings. The van der Waals surface area contributed by atoms with E-state index < -0.39 is 0 Å². The minimum absolute atomic E-state index is 0.472. The molecule has 1 N–H and O–H groups in total. The van der Waals surface area contributed by atoms with Gasteiger partial charge in [-0.3, -0.25) is 0 Å². The van der Waals surface area contributed by atoms with Crippen molar-refractivity contribution >= 4 is 0 Å². The third kappa shape index (κ3) is 3.02. The van der Waals surface area contributed by atoms with E-state index in [0.717, 1.165) is 17.1 Å². The van der Waals surface area contributed by atoms with Gasteiger partial charge in [0.1, 0.15) is 17.6 Å². The van der Waals surface area contributed by atoms with Gasteiger partial charge in [-0.25, -0.2) is 0 Å². The Morgan fingerprint density at radius 1 is 0.941 bits per heavy atom. The van der Waals surface area contributed by atoms with E-state index in [4.69, 9.17) is 9.84 Å². The number of hydrogen-bond acceptors (Lipinski definition) is 2. The highest BCUT2D eigenvalue weighted by Crippen LogP contribution is 2.24. The molecule has 17 heavy (non-hydrogen) atoms. The van der Waals surface area contributed by atoms with E-state index in [1.54, 1.807) is 0 Å². The molecular weight excluding hydrogens is 212 g/mol. The molecule has 0 saturated heterocycles. The molecule has 84 valence electrons. The first kappa shape index (κ1) is 11.1. The average Bonchev–Trinajstić information content (AvgIpc) is 2.39. The number of aliphatic hydroxyl groups excluding tert-OH is 1. The highest BCUT2D eigenvalue weighted by atomic mass is 16.5.